The van der Waals surface area contributed by atoms with Crippen LogP contribution in [0.3, 0.4) is 0 Å². The van der Waals surface area contributed by atoms with Gasteiger partial charge in [0.05, 0.1) is 0 Å². The first-order valence-corrected chi connectivity index (χ1v) is 2.82. The van der Waals surface area contributed by atoms with Crippen LogP contribution >= 0.6 is 0 Å². The molecule has 0 heterocycles. The summed E-state index contributed by atoms with van der Waals surface area (Å²) in [4.78, 5) is 10.8. The van der Waals surface area contributed by atoms with Gasteiger partial charge in [-0.1, -0.05) is 0 Å². The van der Waals surface area contributed by atoms with Crippen LogP contribution in [0.5, 0.6) is 0 Å². The molecular formula is H3N21Na2-6. The Hall–Kier alpha value is -2.83. The zero-order valence-corrected chi connectivity index (χ0v) is 9.44. The number of nitrogens with zero attached hydrogens (tertiary/aromatic N) is 20. The molecule has 0 radical (unpaired) electrons. The molecule has 0 bridgehead atoms. The first-order valence-electron chi connectivity index (χ1n) is 2.82. The fourth-order valence-electron chi connectivity index (χ4n) is 0. The second-order valence-electron chi connectivity index (χ2n) is 0.637. The quantitative estimate of drug-likeness (QED) is 0.268. The molecule has 0 spiro atoms. The first kappa shape index (κ1) is 59.4. The molecule has 23 heteroatoms. The molecule has 0 aliphatic rings. The van der Waals surface area contributed by atoms with Crippen LogP contribution < -0.4 is 0 Å². The Kier molecular flexibility index (Phi) is 940. The molecular weight excluding hydrogens is 340 g/mol. The molecule has 0 aromatic carbocycles. The zero-order chi connectivity index (χ0) is 18.9. The van der Waals surface area contributed by atoms with E-state index in [0.29, 0.717) is 0 Å². The molecule has 0 rings (SSSR count). The average Bonchev–Trinajstić information content (AvgIpc) is 2.35. The van der Waals surface area contributed by atoms with Crippen molar-refractivity contribution in [1.82, 2.24) is 0 Å². The fourth-order valence-corrected chi connectivity index (χ4v) is 0. The van der Waals surface area contributed by atoms with E-state index in [1.807, 2.05) is 0 Å². The Balaban J connectivity index is -0.0000000140. The van der Waals surface area contributed by atoms with E-state index in [9.17, 15) is 0 Å². The van der Waals surface area contributed by atoms with E-state index in [1.165, 1.54) is 29.5 Å². The Morgan fingerprint density at radius 1 is 0.348 bits per heavy atom. The summed E-state index contributed by atoms with van der Waals surface area (Å²) in [6, 6.07) is 0. The molecule has 0 fully saturated rings. The van der Waals surface area contributed by atoms with E-state index >= 15 is 0 Å². The van der Waals surface area contributed by atoms with Gasteiger partial charge < -0.3 is 66.4 Å². The van der Waals surface area contributed by atoms with Gasteiger partial charge in [0.1, 0.15) is 0 Å². The van der Waals surface area contributed by atoms with Crippen molar-refractivity contribution in [1.29, 1.82) is 5.53 Å². The number of rotatable bonds is 0. The Labute approximate surface area is 170 Å². The average molecular weight is 343 g/mol. The Morgan fingerprint density at radius 3 is 0.348 bits per heavy atom. The van der Waals surface area contributed by atoms with Crippen molar-refractivity contribution in [2.24, 2.45) is 0 Å². The van der Waals surface area contributed by atoms with Crippen LogP contribution in [0.4, 0.5) is 0 Å². The van der Waals surface area contributed by atoms with E-state index in [0.717, 1.165) is 0 Å². The SMILES string of the molecule is [N-]=[N+]=N.[N-]=[N+]=[N-].[N-]=[N+]=[N-].[N-]=[N+]=[N-].[N-]=[N+]=[N-].[N-]=[N+]=[N-].[N-]=[N+]=[N-].[NaH].[NaH]. The summed E-state index contributed by atoms with van der Waals surface area (Å²) in [6.07, 6.45) is 0. The number of hydrogen-bond acceptors (Lipinski definition) is 1. The molecule has 0 aliphatic heterocycles. The summed E-state index contributed by atoms with van der Waals surface area (Å²) in [5.41, 5.74) is 93.2. The molecule has 0 unspecified atom stereocenters. The Bertz CT molecular complexity index is 275. The molecule has 0 aliphatic carbocycles. The van der Waals surface area contributed by atoms with Crippen molar-refractivity contribution in [3.05, 3.63) is 106 Å². The fraction of sp³-hybridized carbons (Fsp3) is 0. The van der Waals surface area contributed by atoms with E-state index in [1.54, 1.807) is 4.91 Å². The van der Waals surface area contributed by atoms with Crippen LogP contribution in [-0.2, 0) is 0 Å². The molecule has 21 nitrogen and oxygen atoms in total. The monoisotopic (exact) mass is 343 g/mol. The van der Waals surface area contributed by atoms with Crippen molar-refractivity contribution in [3.8, 4) is 0 Å². The number of hydrogen-bond donors (Lipinski definition) is 1. The summed E-state index contributed by atoms with van der Waals surface area (Å²) in [6.45, 7) is 0. The van der Waals surface area contributed by atoms with Gasteiger partial charge in [0.25, 0.3) is 0 Å². The summed E-state index contributed by atoms with van der Waals surface area (Å²) in [5.74, 6) is 0. The predicted octanol–water partition coefficient (Wildman–Crippen LogP) is 4.78. The van der Waals surface area contributed by atoms with Gasteiger partial charge in [0.15, 0.2) is 0 Å². The molecule has 0 aromatic rings. The predicted molar refractivity (Wildman–Crippen MR) is 84.2 cm³/mol. The molecule has 0 amide bonds. The summed E-state index contributed by atoms with van der Waals surface area (Å²) < 4.78 is 0. The van der Waals surface area contributed by atoms with Gasteiger partial charge in [-0.2, -0.15) is 0 Å². The summed E-state index contributed by atoms with van der Waals surface area (Å²) in [7, 11) is 0. The topological polar surface area (TPSA) is 412 Å². The van der Waals surface area contributed by atoms with Gasteiger partial charge in [0.2, 0.25) is 0 Å². The van der Waals surface area contributed by atoms with Crippen LogP contribution in [0.1, 0.15) is 0 Å². The van der Waals surface area contributed by atoms with E-state index in [-0.39, 0.29) is 59.1 Å². The van der Waals surface area contributed by atoms with Crippen molar-refractivity contribution >= 4 is 59.1 Å². The van der Waals surface area contributed by atoms with Crippen molar-refractivity contribution in [3.63, 3.8) is 0 Å². The van der Waals surface area contributed by atoms with E-state index < -0.39 is 0 Å². The van der Waals surface area contributed by atoms with Gasteiger partial charge in [-0.05, 0) is 10.4 Å². The molecule has 1 N–H and O–H groups in total. The second kappa shape index (κ2) is 364. The molecule has 23 heavy (non-hydrogen) atoms. The normalized spacial score (nSPS) is 2.43. The van der Waals surface area contributed by atoms with E-state index in [2.05, 4.69) is 0 Å². The van der Waals surface area contributed by atoms with Crippen LogP contribution in [0.15, 0.2) is 0 Å². The molecule has 0 aromatic heterocycles. The van der Waals surface area contributed by atoms with Gasteiger partial charge in [-0.15, -0.1) is 5.53 Å². The van der Waals surface area contributed by atoms with Gasteiger partial charge in [-0.3, -0.25) is 29.5 Å². The maximum absolute atomic E-state index is 6.86. The van der Waals surface area contributed by atoms with Gasteiger partial charge >= 0.3 is 59.1 Å². The third kappa shape index (κ3) is 706. The summed E-state index contributed by atoms with van der Waals surface area (Å²) in [5, 5.41) is 0. The van der Waals surface area contributed by atoms with E-state index in [4.69, 9.17) is 77.4 Å². The van der Waals surface area contributed by atoms with Crippen LogP contribution in [0, 0.1) is 5.53 Å². The third-order valence-electron chi connectivity index (χ3n) is 0. The van der Waals surface area contributed by atoms with Crippen LogP contribution in [0.25, 0.3) is 106 Å². The molecule has 0 atom stereocenters. The second-order valence-corrected chi connectivity index (χ2v) is 0.637. The van der Waals surface area contributed by atoms with Crippen molar-refractivity contribution < 1.29 is 0 Å². The molecule has 116 valence electrons. The third-order valence-corrected chi connectivity index (χ3v) is 0. The zero-order valence-electron chi connectivity index (χ0n) is 9.44. The maximum atomic E-state index is 6.86. The molecule has 0 saturated heterocycles. The minimum atomic E-state index is 0. The molecule has 0 saturated carbocycles. The summed E-state index contributed by atoms with van der Waals surface area (Å²) >= 11 is 0. The standard InChI is InChI=1S/HN3.6N3.2Na.2H/c7*1-3-2;;;;/h1H;;;;;;;;;;/q;6*-1;;;;. The van der Waals surface area contributed by atoms with Crippen LogP contribution in [-0.4, -0.2) is 59.1 Å². The van der Waals surface area contributed by atoms with Crippen LogP contribution in [0.2, 0.25) is 0 Å². The Morgan fingerprint density at radius 2 is 0.348 bits per heavy atom. The van der Waals surface area contributed by atoms with Crippen molar-refractivity contribution in [2.45, 2.75) is 0 Å². The van der Waals surface area contributed by atoms with Gasteiger partial charge in [0, 0.05) is 0 Å². The minimum absolute atomic E-state index is 0. The van der Waals surface area contributed by atoms with Crippen molar-refractivity contribution in [2.75, 3.05) is 0 Å². The first-order chi connectivity index (χ1) is 9.90. The van der Waals surface area contributed by atoms with Gasteiger partial charge in [-0.25, -0.2) is 0 Å². The number of nitrogens with one attached hydrogen (secondary N) is 1.